The third kappa shape index (κ3) is 3.99. The first-order chi connectivity index (χ1) is 15.7. The number of allylic oxidation sites excluding steroid dienone is 1. The fourth-order valence-corrected chi connectivity index (χ4v) is 4.74. The zero-order chi connectivity index (χ0) is 21.9. The van der Waals surface area contributed by atoms with Crippen molar-refractivity contribution in [3.63, 3.8) is 0 Å². The van der Waals surface area contributed by atoms with Gasteiger partial charge >= 0.3 is 0 Å². The van der Waals surface area contributed by atoms with Crippen molar-refractivity contribution in [1.29, 1.82) is 0 Å². The van der Waals surface area contributed by atoms with E-state index in [0.717, 1.165) is 72.5 Å². The molecule has 3 aromatic carbocycles. The summed E-state index contributed by atoms with van der Waals surface area (Å²) >= 11 is 0. The van der Waals surface area contributed by atoms with Gasteiger partial charge in [0.05, 0.1) is 18.8 Å². The molecular formula is C28H28N2O2. The summed E-state index contributed by atoms with van der Waals surface area (Å²) in [5.41, 5.74) is 4.02. The molecule has 1 fully saturated rings. The van der Waals surface area contributed by atoms with Gasteiger partial charge in [-0.2, -0.15) is 0 Å². The Bertz CT molecular complexity index is 1290. The van der Waals surface area contributed by atoms with Crippen molar-refractivity contribution in [2.75, 3.05) is 32.8 Å². The maximum Gasteiger partial charge on any atom is 0.188 e. The number of benzene rings is 3. The summed E-state index contributed by atoms with van der Waals surface area (Å²) in [4.78, 5) is 15.8. The molecule has 4 aromatic rings. The van der Waals surface area contributed by atoms with Gasteiger partial charge in [-0.3, -0.25) is 9.69 Å². The van der Waals surface area contributed by atoms with E-state index in [1.54, 1.807) is 6.08 Å². The van der Waals surface area contributed by atoms with Crippen molar-refractivity contribution in [2.45, 2.75) is 13.5 Å². The molecule has 0 bridgehead atoms. The van der Waals surface area contributed by atoms with Crippen molar-refractivity contribution >= 4 is 33.5 Å². The maximum absolute atomic E-state index is 13.4. The molecule has 0 saturated carbocycles. The van der Waals surface area contributed by atoms with E-state index in [-0.39, 0.29) is 5.78 Å². The van der Waals surface area contributed by atoms with Crippen LogP contribution in [0.1, 0.15) is 21.6 Å². The number of rotatable bonds is 6. The fraction of sp³-hybridized carbons (Fsp3) is 0.250. The van der Waals surface area contributed by atoms with Gasteiger partial charge in [0.15, 0.2) is 5.78 Å². The molecule has 4 nitrogen and oxygen atoms in total. The number of ketones is 1. The highest BCUT2D eigenvalue weighted by Gasteiger charge is 2.19. The summed E-state index contributed by atoms with van der Waals surface area (Å²) in [6, 6.07) is 22.7. The van der Waals surface area contributed by atoms with E-state index < -0.39 is 0 Å². The third-order valence-corrected chi connectivity index (χ3v) is 6.46. The van der Waals surface area contributed by atoms with Gasteiger partial charge < -0.3 is 9.30 Å². The Kier molecular flexibility index (Phi) is 5.89. The molecule has 162 valence electrons. The second-order valence-electron chi connectivity index (χ2n) is 8.35. The molecule has 1 aliphatic rings. The molecular weight excluding hydrogens is 396 g/mol. The minimum atomic E-state index is 0.0526. The van der Waals surface area contributed by atoms with Gasteiger partial charge in [-0.05, 0) is 35.4 Å². The Morgan fingerprint density at radius 2 is 1.62 bits per heavy atom. The van der Waals surface area contributed by atoms with Crippen LogP contribution in [0.2, 0.25) is 0 Å². The van der Waals surface area contributed by atoms with Gasteiger partial charge in [-0.25, -0.2) is 0 Å². The maximum atomic E-state index is 13.4. The van der Waals surface area contributed by atoms with Crippen molar-refractivity contribution in [3.8, 4) is 0 Å². The summed E-state index contributed by atoms with van der Waals surface area (Å²) in [5, 5.41) is 3.36. The van der Waals surface area contributed by atoms with Gasteiger partial charge in [-0.1, -0.05) is 66.7 Å². The van der Waals surface area contributed by atoms with Crippen LogP contribution in [-0.2, 0) is 11.3 Å². The Balaban J connectivity index is 1.46. The summed E-state index contributed by atoms with van der Waals surface area (Å²) in [7, 11) is 0. The lowest BCUT2D eigenvalue weighted by Gasteiger charge is -2.27. The highest BCUT2D eigenvalue weighted by molar-refractivity contribution is 6.16. The predicted octanol–water partition coefficient (Wildman–Crippen LogP) is 5.33. The molecule has 0 N–H and O–H groups in total. The molecule has 1 saturated heterocycles. The van der Waals surface area contributed by atoms with E-state index >= 15 is 0 Å². The van der Waals surface area contributed by atoms with E-state index in [4.69, 9.17) is 4.74 Å². The molecule has 2 heterocycles. The monoisotopic (exact) mass is 424 g/mol. The minimum absolute atomic E-state index is 0.0526. The standard InChI is InChI=1S/C28H28N2O2/c1-21-28(27(31)14-13-23-9-6-8-22-7-2-3-10-24(22)23)25-11-4-5-12-26(25)30(21)16-15-29-17-19-32-20-18-29/h2-14H,15-20H2,1H3/b14-13+. The summed E-state index contributed by atoms with van der Waals surface area (Å²) in [5.74, 6) is 0.0526. The van der Waals surface area contributed by atoms with Crippen LogP contribution in [0.5, 0.6) is 0 Å². The normalized spacial score (nSPS) is 15.2. The number of carbonyl (C=O) groups is 1. The molecule has 1 aliphatic heterocycles. The van der Waals surface area contributed by atoms with Gasteiger partial charge in [-0.15, -0.1) is 0 Å². The summed E-state index contributed by atoms with van der Waals surface area (Å²) in [6.45, 7) is 7.44. The van der Waals surface area contributed by atoms with Crippen LogP contribution in [0, 0.1) is 6.92 Å². The topological polar surface area (TPSA) is 34.5 Å². The van der Waals surface area contributed by atoms with Crippen molar-refractivity contribution in [1.82, 2.24) is 9.47 Å². The van der Waals surface area contributed by atoms with Crippen LogP contribution < -0.4 is 0 Å². The largest absolute Gasteiger partial charge is 0.379 e. The average molecular weight is 425 g/mol. The zero-order valence-corrected chi connectivity index (χ0v) is 18.5. The van der Waals surface area contributed by atoms with Gasteiger partial charge in [0.2, 0.25) is 0 Å². The predicted molar refractivity (Wildman–Crippen MR) is 131 cm³/mol. The minimum Gasteiger partial charge on any atom is -0.379 e. The van der Waals surface area contributed by atoms with E-state index in [1.807, 2.05) is 36.4 Å². The van der Waals surface area contributed by atoms with Crippen molar-refractivity contribution in [3.05, 3.63) is 89.6 Å². The number of para-hydroxylation sites is 1. The van der Waals surface area contributed by atoms with Gasteiger partial charge in [0.1, 0.15) is 0 Å². The Morgan fingerprint density at radius 1 is 0.906 bits per heavy atom. The van der Waals surface area contributed by atoms with Crippen molar-refractivity contribution in [2.24, 2.45) is 0 Å². The molecule has 0 amide bonds. The highest BCUT2D eigenvalue weighted by atomic mass is 16.5. The van der Waals surface area contributed by atoms with Crippen LogP contribution >= 0.6 is 0 Å². The SMILES string of the molecule is Cc1c(C(=O)/C=C/c2cccc3ccccc23)c2ccccc2n1CCN1CCOCC1. The first-order valence-corrected chi connectivity index (χ1v) is 11.3. The van der Waals surface area contributed by atoms with E-state index in [9.17, 15) is 4.79 Å². The molecule has 0 atom stereocenters. The third-order valence-electron chi connectivity index (χ3n) is 6.46. The lowest BCUT2D eigenvalue weighted by atomic mass is 10.0. The number of fused-ring (bicyclic) bond motifs is 2. The number of hydrogen-bond donors (Lipinski definition) is 0. The molecule has 0 radical (unpaired) electrons. The summed E-state index contributed by atoms with van der Waals surface area (Å²) < 4.78 is 7.77. The second-order valence-corrected chi connectivity index (χ2v) is 8.35. The number of aromatic nitrogens is 1. The first kappa shape index (κ1) is 20.7. The van der Waals surface area contributed by atoms with E-state index in [0.29, 0.717) is 0 Å². The molecule has 4 heteroatoms. The molecule has 5 rings (SSSR count). The molecule has 32 heavy (non-hydrogen) atoms. The number of carbonyl (C=O) groups excluding carboxylic acids is 1. The first-order valence-electron chi connectivity index (χ1n) is 11.3. The number of nitrogens with zero attached hydrogens (tertiary/aromatic N) is 2. The van der Waals surface area contributed by atoms with E-state index in [1.165, 1.54) is 5.39 Å². The molecule has 0 aliphatic carbocycles. The Hall–Kier alpha value is -3.21. The molecule has 1 aromatic heterocycles. The number of ether oxygens (including phenoxy) is 1. The molecule has 0 spiro atoms. The van der Waals surface area contributed by atoms with Crippen LogP contribution in [-0.4, -0.2) is 48.1 Å². The Labute approximate surface area is 188 Å². The van der Waals surface area contributed by atoms with Crippen LogP contribution in [0.4, 0.5) is 0 Å². The smallest absolute Gasteiger partial charge is 0.188 e. The summed E-state index contributed by atoms with van der Waals surface area (Å²) in [6.07, 6.45) is 3.67. The fourth-order valence-electron chi connectivity index (χ4n) is 4.74. The van der Waals surface area contributed by atoms with Crippen LogP contribution in [0.15, 0.2) is 72.8 Å². The number of morpholine rings is 1. The van der Waals surface area contributed by atoms with Gasteiger partial charge in [0, 0.05) is 42.8 Å². The lowest BCUT2D eigenvalue weighted by Crippen LogP contribution is -2.38. The van der Waals surface area contributed by atoms with Crippen LogP contribution in [0.25, 0.3) is 27.8 Å². The lowest BCUT2D eigenvalue weighted by molar-refractivity contribution is 0.0365. The molecule has 0 unspecified atom stereocenters. The number of hydrogen-bond acceptors (Lipinski definition) is 3. The Morgan fingerprint density at radius 3 is 2.47 bits per heavy atom. The van der Waals surface area contributed by atoms with Gasteiger partial charge in [0.25, 0.3) is 0 Å². The van der Waals surface area contributed by atoms with Crippen molar-refractivity contribution < 1.29 is 9.53 Å². The average Bonchev–Trinajstić information content (AvgIpc) is 3.13. The van der Waals surface area contributed by atoms with E-state index in [2.05, 4.69) is 52.8 Å². The second kappa shape index (κ2) is 9.11. The zero-order valence-electron chi connectivity index (χ0n) is 18.5. The quantitative estimate of drug-likeness (QED) is 0.310. The van der Waals surface area contributed by atoms with Crippen LogP contribution in [0.3, 0.4) is 0 Å². The highest BCUT2D eigenvalue weighted by Crippen LogP contribution is 2.27.